The van der Waals surface area contributed by atoms with Gasteiger partial charge in [-0.25, -0.2) is 4.79 Å². The molecule has 0 aliphatic carbocycles. The minimum absolute atomic E-state index is 0.0108. The zero-order valence-corrected chi connectivity index (χ0v) is 8.77. The molecule has 82 valence electrons. The summed E-state index contributed by atoms with van der Waals surface area (Å²) in [5, 5.41) is 9.39. The molecule has 0 rings (SSSR count). The molecule has 0 aliphatic heterocycles. The maximum Gasteiger partial charge on any atom is 0.330 e. The van der Waals surface area contributed by atoms with Crippen LogP contribution in [0.4, 0.5) is 0 Å². The highest BCUT2D eigenvalue weighted by Gasteiger charge is 2.10. The fourth-order valence-corrected chi connectivity index (χ4v) is 0.947. The normalized spacial score (nSPS) is 15.4. The Morgan fingerprint density at radius 2 is 2.29 bits per heavy atom. The van der Waals surface area contributed by atoms with Gasteiger partial charge in [-0.15, -0.1) is 0 Å². The van der Waals surface area contributed by atoms with Crippen molar-refractivity contribution in [2.24, 2.45) is 5.73 Å². The van der Waals surface area contributed by atoms with Crippen molar-refractivity contribution in [3.8, 4) is 0 Å². The number of aliphatic hydroxyl groups is 1. The van der Waals surface area contributed by atoms with Crippen LogP contribution >= 0.6 is 0 Å². The van der Waals surface area contributed by atoms with Gasteiger partial charge in [-0.3, -0.25) is 0 Å². The lowest BCUT2D eigenvalue weighted by Gasteiger charge is -2.14. The number of rotatable bonds is 6. The van der Waals surface area contributed by atoms with Crippen LogP contribution in [0.15, 0.2) is 12.2 Å². The molecule has 0 spiro atoms. The summed E-state index contributed by atoms with van der Waals surface area (Å²) in [6, 6.07) is -0.0366. The van der Waals surface area contributed by atoms with E-state index in [4.69, 9.17) is 10.5 Å². The number of ether oxygens (including phenoxy) is 1. The Bertz CT molecular complexity index is 192. The molecule has 2 atom stereocenters. The molecule has 0 saturated heterocycles. The summed E-state index contributed by atoms with van der Waals surface area (Å²) >= 11 is 0. The van der Waals surface area contributed by atoms with E-state index in [1.165, 1.54) is 6.08 Å². The lowest BCUT2D eigenvalue weighted by atomic mass is 10.1. The number of hydrogen-bond acceptors (Lipinski definition) is 4. The standard InChI is InChI=1S/C10H19NO3/c1-3-5-10(13)14-7-9(12)6-8(11)4-2/h3,5,8-9,12H,4,6-7,11H2,1-2H3. The Hall–Kier alpha value is -0.870. The van der Waals surface area contributed by atoms with E-state index in [-0.39, 0.29) is 12.6 Å². The van der Waals surface area contributed by atoms with Crippen LogP contribution in [-0.2, 0) is 9.53 Å². The molecule has 4 nitrogen and oxygen atoms in total. The number of aliphatic hydroxyl groups excluding tert-OH is 1. The van der Waals surface area contributed by atoms with Crippen LogP contribution in [-0.4, -0.2) is 29.8 Å². The summed E-state index contributed by atoms with van der Waals surface area (Å²) in [5.74, 6) is -0.434. The van der Waals surface area contributed by atoms with Gasteiger partial charge >= 0.3 is 5.97 Å². The zero-order valence-electron chi connectivity index (χ0n) is 8.77. The van der Waals surface area contributed by atoms with Gasteiger partial charge in [0.15, 0.2) is 0 Å². The van der Waals surface area contributed by atoms with Crippen molar-refractivity contribution < 1.29 is 14.6 Å². The van der Waals surface area contributed by atoms with E-state index in [0.717, 1.165) is 6.42 Å². The van der Waals surface area contributed by atoms with Crippen LogP contribution in [0.2, 0.25) is 0 Å². The van der Waals surface area contributed by atoms with Crippen molar-refractivity contribution in [1.29, 1.82) is 0 Å². The maximum absolute atomic E-state index is 10.9. The van der Waals surface area contributed by atoms with Gasteiger partial charge in [0.25, 0.3) is 0 Å². The van der Waals surface area contributed by atoms with Gasteiger partial charge in [0, 0.05) is 12.1 Å². The summed E-state index contributed by atoms with van der Waals surface area (Å²) in [6.45, 7) is 3.69. The van der Waals surface area contributed by atoms with Crippen molar-refractivity contribution >= 4 is 5.97 Å². The molecule has 0 aliphatic rings. The Balaban J connectivity index is 3.63. The number of carbonyl (C=O) groups is 1. The molecule has 4 heteroatoms. The molecule has 0 aromatic heterocycles. The fraction of sp³-hybridized carbons (Fsp3) is 0.700. The number of hydrogen-bond donors (Lipinski definition) is 2. The second-order valence-electron chi connectivity index (χ2n) is 3.19. The lowest BCUT2D eigenvalue weighted by molar-refractivity contribution is -0.140. The smallest absolute Gasteiger partial charge is 0.330 e. The van der Waals surface area contributed by atoms with Crippen LogP contribution in [0.5, 0.6) is 0 Å². The average molecular weight is 201 g/mol. The van der Waals surface area contributed by atoms with Gasteiger partial charge in [-0.2, -0.15) is 0 Å². The predicted octanol–water partition coefficient (Wildman–Crippen LogP) is 0.594. The number of nitrogens with two attached hydrogens (primary N) is 1. The first kappa shape index (κ1) is 13.1. The van der Waals surface area contributed by atoms with E-state index < -0.39 is 12.1 Å². The first-order chi connectivity index (χ1) is 6.60. The van der Waals surface area contributed by atoms with Gasteiger partial charge in [-0.1, -0.05) is 13.0 Å². The van der Waals surface area contributed by atoms with E-state index in [1.54, 1.807) is 13.0 Å². The summed E-state index contributed by atoms with van der Waals surface area (Å²) in [7, 11) is 0. The van der Waals surface area contributed by atoms with Crippen molar-refractivity contribution in [3.63, 3.8) is 0 Å². The third kappa shape index (κ3) is 6.62. The summed E-state index contributed by atoms with van der Waals surface area (Å²) < 4.78 is 4.76. The minimum atomic E-state index is -0.667. The number of carbonyl (C=O) groups excluding carboxylic acids is 1. The monoisotopic (exact) mass is 201 g/mol. The van der Waals surface area contributed by atoms with Gasteiger partial charge < -0.3 is 15.6 Å². The number of allylic oxidation sites excluding steroid dienone is 1. The summed E-state index contributed by atoms with van der Waals surface area (Å²) in [4.78, 5) is 10.9. The third-order valence-electron chi connectivity index (χ3n) is 1.82. The van der Waals surface area contributed by atoms with Gasteiger partial charge in [0.2, 0.25) is 0 Å². The fourth-order valence-electron chi connectivity index (χ4n) is 0.947. The highest BCUT2D eigenvalue weighted by Crippen LogP contribution is 2.00. The highest BCUT2D eigenvalue weighted by molar-refractivity contribution is 5.81. The predicted molar refractivity (Wildman–Crippen MR) is 54.7 cm³/mol. The van der Waals surface area contributed by atoms with E-state index in [2.05, 4.69) is 0 Å². The molecule has 0 heterocycles. The second kappa shape index (κ2) is 7.53. The highest BCUT2D eigenvalue weighted by atomic mass is 16.5. The molecule has 0 radical (unpaired) electrons. The molecule has 0 aromatic rings. The first-order valence-corrected chi connectivity index (χ1v) is 4.83. The van der Waals surface area contributed by atoms with Crippen LogP contribution in [0, 0.1) is 0 Å². The maximum atomic E-state index is 10.9. The SMILES string of the molecule is CC=CC(=O)OCC(O)CC(N)CC. The van der Waals surface area contributed by atoms with Gasteiger partial charge in [-0.05, 0) is 19.8 Å². The largest absolute Gasteiger partial charge is 0.460 e. The molecule has 0 amide bonds. The Kier molecular flexibility index (Phi) is 7.06. The molecule has 14 heavy (non-hydrogen) atoms. The minimum Gasteiger partial charge on any atom is -0.460 e. The molecular weight excluding hydrogens is 182 g/mol. The molecule has 0 saturated carbocycles. The third-order valence-corrected chi connectivity index (χ3v) is 1.82. The zero-order chi connectivity index (χ0) is 11.0. The topological polar surface area (TPSA) is 72.5 Å². The van der Waals surface area contributed by atoms with E-state index in [0.29, 0.717) is 6.42 Å². The molecular formula is C10H19NO3. The van der Waals surface area contributed by atoms with Crippen molar-refractivity contribution in [2.45, 2.75) is 38.8 Å². The van der Waals surface area contributed by atoms with E-state index in [9.17, 15) is 9.90 Å². The quantitative estimate of drug-likeness (QED) is 0.487. The molecule has 0 fully saturated rings. The Labute approximate surface area is 84.7 Å². The molecule has 3 N–H and O–H groups in total. The van der Waals surface area contributed by atoms with Crippen LogP contribution < -0.4 is 5.73 Å². The molecule has 0 aromatic carbocycles. The Morgan fingerprint density at radius 1 is 1.64 bits per heavy atom. The number of esters is 1. The van der Waals surface area contributed by atoms with E-state index in [1.807, 2.05) is 6.92 Å². The van der Waals surface area contributed by atoms with Crippen molar-refractivity contribution in [2.75, 3.05) is 6.61 Å². The van der Waals surface area contributed by atoms with Gasteiger partial charge in [0.1, 0.15) is 6.61 Å². The molecule has 2 unspecified atom stereocenters. The van der Waals surface area contributed by atoms with E-state index >= 15 is 0 Å². The first-order valence-electron chi connectivity index (χ1n) is 4.83. The second-order valence-corrected chi connectivity index (χ2v) is 3.19. The van der Waals surface area contributed by atoms with Gasteiger partial charge in [0.05, 0.1) is 6.10 Å². The lowest BCUT2D eigenvalue weighted by Crippen LogP contribution is -2.28. The van der Waals surface area contributed by atoms with Crippen LogP contribution in [0.1, 0.15) is 26.7 Å². The summed E-state index contributed by atoms with van der Waals surface area (Å²) in [6.07, 6.45) is 3.50. The Morgan fingerprint density at radius 3 is 2.79 bits per heavy atom. The van der Waals surface area contributed by atoms with Crippen LogP contribution in [0.25, 0.3) is 0 Å². The van der Waals surface area contributed by atoms with Crippen molar-refractivity contribution in [1.82, 2.24) is 0 Å². The summed E-state index contributed by atoms with van der Waals surface area (Å²) in [5.41, 5.74) is 5.62. The van der Waals surface area contributed by atoms with Crippen LogP contribution in [0.3, 0.4) is 0 Å². The average Bonchev–Trinajstić information content (AvgIpc) is 2.15. The molecule has 0 bridgehead atoms. The van der Waals surface area contributed by atoms with Crippen molar-refractivity contribution in [3.05, 3.63) is 12.2 Å².